The molecule has 0 spiro atoms. The number of H-pyrrole nitrogens is 1. The van der Waals surface area contributed by atoms with E-state index < -0.39 is 0 Å². The fraction of sp³-hybridized carbons (Fsp3) is 0.182. The molecule has 2 heterocycles. The van der Waals surface area contributed by atoms with E-state index >= 15 is 0 Å². The predicted molar refractivity (Wildman–Crippen MR) is 110 cm³/mol. The van der Waals surface area contributed by atoms with Crippen molar-refractivity contribution in [2.75, 3.05) is 6.54 Å². The molecule has 4 aromatic rings. The molecule has 4 rings (SSSR count). The standard InChI is InChI=1S/C22H22N4O/c1-3-23-22(27)25-13-15-5-4-6-16(11-15)17-7-8-20-19(12-17)18-9-10-24-14(2)21(18)26-20/h4-12,26H,3,13H2,1-2H3,(H2,23,25,27). The van der Waals surface area contributed by atoms with Gasteiger partial charge in [0.05, 0.1) is 11.2 Å². The monoisotopic (exact) mass is 358 g/mol. The Morgan fingerprint density at radius 3 is 2.74 bits per heavy atom. The van der Waals surface area contributed by atoms with E-state index in [1.807, 2.05) is 32.2 Å². The molecule has 0 aliphatic heterocycles. The van der Waals surface area contributed by atoms with Crippen molar-refractivity contribution in [3.05, 3.63) is 66.0 Å². The lowest BCUT2D eigenvalue weighted by molar-refractivity contribution is 0.241. The number of carbonyl (C=O) groups is 1. The molecule has 2 aromatic carbocycles. The van der Waals surface area contributed by atoms with Gasteiger partial charge in [-0.2, -0.15) is 0 Å². The minimum atomic E-state index is -0.146. The number of amides is 2. The zero-order valence-corrected chi connectivity index (χ0v) is 15.5. The highest BCUT2D eigenvalue weighted by Gasteiger charge is 2.09. The van der Waals surface area contributed by atoms with Gasteiger partial charge in [0, 0.05) is 35.6 Å². The number of aryl methyl sites for hydroxylation is 1. The minimum Gasteiger partial charge on any atom is -0.353 e. The number of aromatic amines is 1. The Bertz CT molecular complexity index is 1130. The van der Waals surface area contributed by atoms with Crippen LogP contribution in [0.1, 0.15) is 18.2 Å². The van der Waals surface area contributed by atoms with Gasteiger partial charge < -0.3 is 15.6 Å². The van der Waals surface area contributed by atoms with Crippen LogP contribution in [-0.4, -0.2) is 22.5 Å². The second kappa shape index (κ2) is 7.11. The third kappa shape index (κ3) is 3.36. The molecule has 5 nitrogen and oxygen atoms in total. The second-order valence-corrected chi connectivity index (χ2v) is 6.62. The van der Waals surface area contributed by atoms with Crippen molar-refractivity contribution >= 4 is 27.8 Å². The number of aromatic nitrogens is 2. The molecule has 136 valence electrons. The Balaban J connectivity index is 1.68. The van der Waals surface area contributed by atoms with Gasteiger partial charge in [-0.3, -0.25) is 4.98 Å². The molecule has 0 fully saturated rings. The van der Waals surface area contributed by atoms with E-state index in [-0.39, 0.29) is 6.03 Å². The summed E-state index contributed by atoms with van der Waals surface area (Å²) in [5, 5.41) is 8.00. The molecule has 0 saturated heterocycles. The maximum Gasteiger partial charge on any atom is 0.315 e. The molecule has 27 heavy (non-hydrogen) atoms. The fourth-order valence-electron chi connectivity index (χ4n) is 3.41. The number of hydrogen-bond acceptors (Lipinski definition) is 2. The molecule has 0 bridgehead atoms. The number of rotatable bonds is 4. The molecule has 2 amide bonds. The number of nitrogens with one attached hydrogen (secondary N) is 3. The molecule has 0 unspecified atom stereocenters. The number of urea groups is 1. The molecular formula is C22H22N4O. The van der Waals surface area contributed by atoms with Crippen LogP contribution in [0.5, 0.6) is 0 Å². The molecule has 3 N–H and O–H groups in total. The number of fused-ring (bicyclic) bond motifs is 3. The normalized spacial score (nSPS) is 11.0. The maximum atomic E-state index is 11.6. The van der Waals surface area contributed by atoms with Crippen LogP contribution in [0.2, 0.25) is 0 Å². The summed E-state index contributed by atoms with van der Waals surface area (Å²) < 4.78 is 0. The van der Waals surface area contributed by atoms with E-state index in [4.69, 9.17) is 0 Å². The summed E-state index contributed by atoms with van der Waals surface area (Å²) in [5.41, 5.74) is 6.55. The van der Waals surface area contributed by atoms with Crippen LogP contribution in [0.25, 0.3) is 32.9 Å². The van der Waals surface area contributed by atoms with Gasteiger partial charge in [-0.1, -0.05) is 24.3 Å². The van der Waals surface area contributed by atoms with Crippen LogP contribution >= 0.6 is 0 Å². The summed E-state index contributed by atoms with van der Waals surface area (Å²) in [4.78, 5) is 19.4. The van der Waals surface area contributed by atoms with E-state index in [2.05, 4.69) is 57.0 Å². The van der Waals surface area contributed by atoms with E-state index in [0.717, 1.165) is 33.4 Å². The molecule has 5 heteroatoms. The van der Waals surface area contributed by atoms with Crippen LogP contribution in [0.15, 0.2) is 54.7 Å². The van der Waals surface area contributed by atoms with E-state index in [0.29, 0.717) is 13.1 Å². The van der Waals surface area contributed by atoms with Crippen molar-refractivity contribution in [1.29, 1.82) is 0 Å². The van der Waals surface area contributed by atoms with Crippen LogP contribution in [0.4, 0.5) is 4.79 Å². The molecule has 2 aromatic heterocycles. The van der Waals surface area contributed by atoms with Gasteiger partial charge in [0.15, 0.2) is 0 Å². The van der Waals surface area contributed by atoms with Crippen molar-refractivity contribution in [3.8, 4) is 11.1 Å². The van der Waals surface area contributed by atoms with E-state index in [1.54, 1.807) is 0 Å². The summed E-state index contributed by atoms with van der Waals surface area (Å²) in [6, 6.07) is 16.6. The SMILES string of the molecule is CCNC(=O)NCc1cccc(-c2ccc3[nH]c4c(C)nccc4c3c2)c1. The Morgan fingerprint density at radius 2 is 1.89 bits per heavy atom. The number of benzene rings is 2. The molecular weight excluding hydrogens is 336 g/mol. The zero-order valence-electron chi connectivity index (χ0n) is 15.5. The first-order valence-electron chi connectivity index (χ1n) is 9.14. The summed E-state index contributed by atoms with van der Waals surface area (Å²) in [7, 11) is 0. The van der Waals surface area contributed by atoms with Gasteiger partial charge >= 0.3 is 6.03 Å². The van der Waals surface area contributed by atoms with Gasteiger partial charge in [0.2, 0.25) is 0 Å². The quantitative estimate of drug-likeness (QED) is 0.502. The lowest BCUT2D eigenvalue weighted by atomic mass is 10.0. The molecule has 0 aliphatic carbocycles. The van der Waals surface area contributed by atoms with Crippen molar-refractivity contribution in [2.45, 2.75) is 20.4 Å². The highest BCUT2D eigenvalue weighted by molar-refractivity contribution is 6.09. The average molecular weight is 358 g/mol. The first-order chi connectivity index (χ1) is 13.2. The zero-order chi connectivity index (χ0) is 18.8. The number of hydrogen-bond donors (Lipinski definition) is 3. The Hall–Kier alpha value is -3.34. The van der Waals surface area contributed by atoms with Crippen molar-refractivity contribution in [3.63, 3.8) is 0 Å². The van der Waals surface area contributed by atoms with E-state index in [1.165, 1.54) is 10.8 Å². The highest BCUT2D eigenvalue weighted by Crippen LogP contribution is 2.31. The van der Waals surface area contributed by atoms with Crippen LogP contribution in [0, 0.1) is 6.92 Å². The number of carbonyl (C=O) groups excluding carboxylic acids is 1. The highest BCUT2D eigenvalue weighted by atomic mass is 16.2. The Labute approximate surface area is 157 Å². The fourth-order valence-corrected chi connectivity index (χ4v) is 3.41. The topological polar surface area (TPSA) is 69.8 Å². The molecule has 0 radical (unpaired) electrons. The van der Waals surface area contributed by atoms with Crippen molar-refractivity contribution < 1.29 is 4.79 Å². The third-order valence-electron chi connectivity index (χ3n) is 4.76. The van der Waals surface area contributed by atoms with Crippen molar-refractivity contribution in [2.24, 2.45) is 0 Å². The largest absolute Gasteiger partial charge is 0.353 e. The van der Waals surface area contributed by atoms with Gasteiger partial charge in [0.25, 0.3) is 0 Å². The summed E-state index contributed by atoms with van der Waals surface area (Å²) in [5.74, 6) is 0. The maximum absolute atomic E-state index is 11.6. The van der Waals surface area contributed by atoms with Crippen LogP contribution in [-0.2, 0) is 6.54 Å². The Kier molecular flexibility index (Phi) is 4.50. The first-order valence-corrected chi connectivity index (χ1v) is 9.14. The first kappa shape index (κ1) is 17.1. The summed E-state index contributed by atoms with van der Waals surface area (Å²) in [6.07, 6.45) is 1.85. The third-order valence-corrected chi connectivity index (χ3v) is 4.76. The van der Waals surface area contributed by atoms with E-state index in [9.17, 15) is 4.79 Å². The number of pyridine rings is 1. The Morgan fingerprint density at radius 1 is 1.04 bits per heavy atom. The average Bonchev–Trinajstić information content (AvgIpc) is 3.06. The summed E-state index contributed by atoms with van der Waals surface area (Å²) >= 11 is 0. The van der Waals surface area contributed by atoms with Gasteiger partial charge in [-0.15, -0.1) is 0 Å². The van der Waals surface area contributed by atoms with Gasteiger partial charge in [0.1, 0.15) is 0 Å². The smallest absolute Gasteiger partial charge is 0.315 e. The van der Waals surface area contributed by atoms with Crippen molar-refractivity contribution in [1.82, 2.24) is 20.6 Å². The molecule has 0 atom stereocenters. The second-order valence-electron chi connectivity index (χ2n) is 6.62. The number of nitrogens with zero attached hydrogens (tertiary/aromatic N) is 1. The van der Waals surface area contributed by atoms with Crippen LogP contribution < -0.4 is 10.6 Å². The molecule has 0 aliphatic rings. The predicted octanol–water partition coefficient (Wildman–Crippen LogP) is 4.51. The summed E-state index contributed by atoms with van der Waals surface area (Å²) in [6.45, 7) is 5.04. The minimum absolute atomic E-state index is 0.146. The van der Waals surface area contributed by atoms with Gasteiger partial charge in [-0.25, -0.2) is 4.79 Å². The lowest BCUT2D eigenvalue weighted by Crippen LogP contribution is -2.34. The van der Waals surface area contributed by atoms with Crippen LogP contribution in [0.3, 0.4) is 0 Å². The van der Waals surface area contributed by atoms with Gasteiger partial charge in [-0.05, 0) is 54.8 Å². The lowest BCUT2D eigenvalue weighted by Gasteiger charge is -2.08. The molecule has 0 saturated carbocycles.